The van der Waals surface area contributed by atoms with Crippen molar-refractivity contribution in [3.8, 4) is 0 Å². The van der Waals surface area contributed by atoms with E-state index in [-0.39, 0.29) is 5.91 Å². The number of primary amides is 1. The molecule has 1 aromatic carbocycles. The number of rotatable bonds is 7. The second-order valence-corrected chi connectivity index (χ2v) is 7.48. The zero-order chi connectivity index (χ0) is 15.8. The lowest BCUT2D eigenvalue weighted by molar-refractivity contribution is -0.136. The van der Waals surface area contributed by atoms with Crippen LogP contribution >= 0.6 is 23.5 Å². The Morgan fingerprint density at radius 1 is 1.32 bits per heavy atom. The first-order valence-corrected chi connectivity index (χ1v) is 9.77. The number of hydrogen-bond donors (Lipinski definition) is 1. The van der Waals surface area contributed by atoms with E-state index in [1.54, 1.807) is 28.4 Å². The van der Waals surface area contributed by atoms with Crippen LogP contribution in [0.25, 0.3) is 0 Å². The average Bonchev–Trinajstić information content (AvgIpc) is 2.55. The molecule has 0 spiro atoms. The fraction of sp³-hybridized carbons (Fsp3) is 0.500. The molecule has 2 amide bonds. The molecule has 1 atom stereocenters. The fourth-order valence-electron chi connectivity index (χ4n) is 2.40. The van der Waals surface area contributed by atoms with Crippen LogP contribution in [0.3, 0.4) is 0 Å². The van der Waals surface area contributed by atoms with Crippen molar-refractivity contribution in [1.82, 2.24) is 4.90 Å². The van der Waals surface area contributed by atoms with Crippen LogP contribution in [0.5, 0.6) is 0 Å². The molecule has 1 fully saturated rings. The molecule has 0 bridgehead atoms. The van der Waals surface area contributed by atoms with E-state index in [0.29, 0.717) is 18.1 Å². The summed E-state index contributed by atoms with van der Waals surface area (Å²) < 4.78 is 0. The number of aryl methyl sites for hydroxylation is 1. The van der Waals surface area contributed by atoms with Gasteiger partial charge >= 0.3 is 0 Å². The van der Waals surface area contributed by atoms with Crippen LogP contribution in [0.4, 0.5) is 0 Å². The Morgan fingerprint density at radius 2 is 2.09 bits per heavy atom. The van der Waals surface area contributed by atoms with Crippen LogP contribution < -0.4 is 5.73 Å². The molecule has 1 aromatic rings. The zero-order valence-corrected chi connectivity index (χ0v) is 14.2. The summed E-state index contributed by atoms with van der Waals surface area (Å²) in [7, 11) is 0. The summed E-state index contributed by atoms with van der Waals surface area (Å²) in [5, 5.41) is 0. The second kappa shape index (κ2) is 9.10. The third kappa shape index (κ3) is 5.25. The zero-order valence-electron chi connectivity index (χ0n) is 12.6. The van der Waals surface area contributed by atoms with E-state index in [4.69, 9.17) is 5.73 Å². The lowest BCUT2D eigenvalue weighted by Crippen LogP contribution is -2.53. The summed E-state index contributed by atoms with van der Waals surface area (Å²) in [4.78, 5) is 25.3. The Hall–Kier alpha value is -1.14. The second-order valence-electron chi connectivity index (χ2n) is 5.22. The van der Waals surface area contributed by atoms with Gasteiger partial charge in [0, 0.05) is 18.1 Å². The number of hydrogen-bond acceptors (Lipinski definition) is 4. The Kier molecular flexibility index (Phi) is 7.12. The molecule has 1 aliphatic heterocycles. The molecule has 4 nitrogen and oxygen atoms in total. The molecule has 22 heavy (non-hydrogen) atoms. The summed E-state index contributed by atoms with van der Waals surface area (Å²) in [6, 6.07) is 9.92. The number of nitrogens with two attached hydrogens (primary N) is 1. The number of carbonyl (C=O) groups excluding carboxylic acids is 2. The van der Waals surface area contributed by atoms with E-state index >= 15 is 0 Å². The molecule has 120 valence electrons. The van der Waals surface area contributed by atoms with Gasteiger partial charge in [-0.3, -0.25) is 9.59 Å². The molecular formula is C16H22N2O2S2. The Bertz CT molecular complexity index is 496. The van der Waals surface area contributed by atoms with Gasteiger partial charge < -0.3 is 10.6 Å². The Morgan fingerprint density at radius 3 is 2.82 bits per heavy atom. The van der Waals surface area contributed by atoms with Crippen molar-refractivity contribution in [2.75, 3.05) is 29.6 Å². The van der Waals surface area contributed by atoms with Crippen LogP contribution in [0.15, 0.2) is 30.3 Å². The van der Waals surface area contributed by atoms with Crippen molar-refractivity contribution in [2.24, 2.45) is 5.73 Å². The van der Waals surface area contributed by atoms with Crippen LogP contribution in [0.1, 0.15) is 12.0 Å². The summed E-state index contributed by atoms with van der Waals surface area (Å²) in [5.74, 6) is 2.53. The minimum absolute atomic E-state index is 0.0359. The van der Waals surface area contributed by atoms with Crippen LogP contribution in [0, 0.1) is 0 Å². The lowest BCUT2D eigenvalue weighted by Gasteiger charge is -2.33. The van der Waals surface area contributed by atoms with Crippen molar-refractivity contribution in [2.45, 2.75) is 18.9 Å². The van der Waals surface area contributed by atoms with E-state index in [2.05, 4.69) is 12.1 Å². The van der Waals surface area contributed by atoms with Gasteiger partial charge in [-0.05, 0) is 24.2 Å². The topological polar surface area (TPSA) is 63.4 Å². The molecule has 0 radical (unpaired) electrons. The van der Waals surface area contributed by atoms with E-state index in [9.17, 15) is 9.59 Å². The normalized spacial score (nSPS) is 18.2. The Balaban J connectivity index is 1.67. The minimum atomic E-state index is -0.434. The highest BCUT2D eigenvalue weighted by Gasteiger charge is 2.30. The highest BCUT2D eigenvalue weighted by molar-refractivity contribution is 8.00. The van der Waals surface area contributed by atoms with Gasteiger partial charge in [0.05, 0.1) is 5.75 Å². The third-order valence-electron chi connectivity index (χ3n) is 3.60. The standard InChI is InChI=1S/C16H22N2O2S2/c17-16(20)14-11-22-10-8-18(14)15(19)12-21-9-4-7-13-5-2-1-3-6-13/h1-3,5-6,14H,4,7-12H2,(H2,17,20)/t14-/m1/s1. The largest absolute Gasteiger partial charge is 0.368 e. The van der Waals surface area contributed by atoms with E-state index in [1.165, 1.54) is 5.56 Å². The molecular weight excluding hydrogens is 316 g/mol. The first-order valence-electron chi connectivity index (χ1n) is 7.46. The van der Waals surface area contributed by atoms with E-state index in [0.717, 1.165) is 24.3 Å². The first-order chi connectivity index (χ1) is 10.7. The molecule has 0 aliphatic carbocycles. The molecule has 0 aromatic heterocycles. The van der Waals surface area contributed by atoms with Crippen LogP contribution in [-0.2, 0) is 16.0 Å². The van der Waals surface area contributed by atoms with Crippen LogP contribution in [-0.4, -0.2) is 52.3 Å². The van der Waals surface area contributed by atoms with Crippen LogP contribution in [0.2, 0.25) is 0 Å². The summed E-state index contributed by atoms with van der Waals surface area (Å²) in [5.41, 5.74) is 6.71. The number of carbonyl (C=O) groups is 2. The van der Waals surface area contributed by atoms with Gasteiger partial charge in [0.2, 0.25) is 11.8 Å². The van der Waals surface area contributed by atoms with Gasteiger partial charge in [0.25, 0.3) is 0 Å². The number of thioether (sulfide) groups is 2. The maximum Gasteiger partial charge on any atom is 0.241 e. The molecule has 0 saturated carbocycles. The lowest BCUT2D eigenvalue weighted by atomic mass is 10.1. The molecule has 1 heterocycles. The first kappa shape index (κ1) is 17.2. The Labute approximate surface area is 140 Å². The third-order valence-corrected chi connectivity index (χ3v) is 5.65. The van der Waals surface area contributed by atoms with E-state index < -0.39 is 11.9 Å². The van der Waals surface area contributed by atoms with Gasteiger partial charge in [-0.15, -0.1) is 0 Å². The van der Waals surface area contributed by atoms with Crippen molar-refractivity contribution in [3.63, 3.8) is 0 Å². The summed E-state index contributed by atoms with van der Waals surface area (Å²) >= 11 is 3.32. The van der Waals surface area contributed by atoms with Gasteiger partial charge in [-0.2, -0.15) is 23.5 Å². The molecule has 6 heteroatoms. The molecule has 2 N–H and O–H groups in total. The number of amides is 2. The monoisotopic (exact) mass is 338 g/mol. The smallest absolute Gasteiger partial charge is 0.241 e. The predicted octanol–water partition coefficient (Wildman–Crippen LogP) is 1.78. The predicted molar refractivity (Wildman–Crippen MR) is 94.1 cm³/mol. The minimum Gasteiger partial charge on any atom is -0.368 e. The van der Waals surface area contributed by atoms with Crippen molar-refractivity contribution < 1.29 is 9.59 Å². The number of benzene rings is 1. The molecule has 2 rings (SSSR count). The van der Waals surface area contributed by atoms with Crippen molar-refractivity contribution >= 4 is 35.3 Å². The SMILES string of the molecule is NC(=O)[C@H]1CSCCN1C(=O)CSCCCc1ccccc1. The quantitative estimate of drug-likeness (QED) is 0.770. The van der Waals surface area contributed by atoms with Crippen molar-refractivity contribution in [1.29, 1.82) is 0 Å². The fourth-order valence-corrected chi connectivity index (χ4v) is 4.30. The maximum atomic E-state index is 12.2. The molecule has 1 saturated heterocycles. The maximum absolute atomic E-state index is 12.2. The molecule has 0 unspecified atom stereocenters. The molecule has 1 aliphatic rings. The number of nitrogens with zero attached hydrogens (tertiary/aromatic N) is 1. The highest BCUT2D eigenvalue weighted by atomic mass is 32.2. The summed E-state index contributed by atoms with van der Waals surface area (Å²) in [6.07, 6.45) is 2.09. The van der Waals surface area contributed by atoms with Gasteiger partial charge in [0.15, 0.2) is 0 Å². The van der Waals surface area contributed by atoms with Gasteiger partial charge in [-0.1, -0.05) is 30.3 Å². The van der Waals surface area contributed by atoms with Crippen molar-refractivity contribution in [3.05, 3.63) is 35.9 Å². The summed E-state index contributed by atoms with van der Waals surface area (Å²) in [6.45, 7) is 0.627. The highest BCUT2D eigenvalue weighted by Crippen LogP contribution is 2.18. The van der Waals surface area contributed by atoms with E-state index in [1.807, 2.05) is 18.2 Å². The van der Waals surface area contributed by atoms with Gasteiger partial charge in [0.1, 0.15) is 6.04 Å². The average molecular weight is 338 g/mol. The van der Waals surface area contributed by atoms with Gasteiger partial charge in [-0.25, -0.2) is 0 Å².